The zero-order valence-corrected chi connectivity index (χ0v) is 13.3. The summed E-state index contributed by atoms with van der Waals surface area (Å²) in [6.45, 7) is 4.94. The topological polar surface area (TPSA) is 49.8 Å². The summed E-state index contributed by atoms with van der Waals surface area (Å²) >= 11 is 6.18. The van der Waals surface area contributed by atoms with Gasteiger partial charge in [-0.3, -0.25) is 0 Å². The zero-order chi connectivity index (χ0) is 16.1. The number of anilines is 2. The monoisotopic (exact) mass is 324 g/mol. The highest BCUT2D eigenvalue weighted by molar-refractivity contribution is 6.31. The molecule has 0 aliphatic rings. The molecule has 0 saturated heterocycles. The van der Waals surface area contributed by atoms with Gasteiger partial charge in [0.25, 0.3) is 0 Å². The van der Waals surface area contributed by atoms with Crippen molar-refractivity contribution in [1.82, 2.24) is 9.97 Å². The number of para-hydroxylation sites is 1. The van der Waals surface area contributed by atoms with Gasteiger partial charge in [0.05, 0.1) is 5.52 Å². The highest BCUT2D eigenvalue weighted by atomic mass is 35.5. The number of benzene rings is 2. The molecule has 0 bridgehead atoms. The molecular formula is C18H17ClN4. The zero-order valence-electron chi connectivity index (χ0n) is 12.6. The van der Waals surface area contributed by atoms with Crippen molar-refractivity contribution in [2.75, 3.05) is 17.2 Å². The molecule has 0 radical (unpaired) electrons. The van der Waals surface area contributed by atoms with E-state index in [9.17, 15) is 0 Å². The second kappa shape index (κ2) is 7.11. The van der Waals surface area contributed by atoms with Gasteiger partial charge in [0.15, 0.2) is 0 Å². The van der Waals surface area contributed by atoms with Gasteiger partial charge in [-0.2, -0.15) is 4.98 Å². The van der Waals surface area contributed by atoms with E-state index in [0.717, 1.165) is 27.3 Å². The van der Waals surface area contributed by atoms with Gasteiger partial charge in [-0.05, 0) is 23.8 Å². The summed E-state index contributed by atoms with van der Waals surface area (Å²) in [4.78, 5) is 9.12. The van der Waals surface area contributed by atoms with Gasteiger partial charge in [-0.25, -0.2) is 4.98 Å². The van der Waals surface area contributed by atoms with Crippen LogP contribution < -0.4 is 10.6 Å². The smallest absolute Gasteiger partial charge is 0.225 e. The summed E-state index contributed by atoms with van der Waals surface area (Å²) in [5.41, 5.74) is 1.89. The Hall–Kier alpha value is -2.59. The van der Waals surface area contributed by atoms with Gasteiger partial charge in [-0.1, -0.05) is 48.0 Å². The molecule has 23 heavy (non-hydrogen) atoms. The molecule has 116 valence electrons. The molecule has 5 heteroatoms. The Morgan fingerprint density at radius 3 is 2.61 bits per heavy atom. The standard InChI is InChI=1S/C18H17ClN4/c1-2-11-20-17-14-8-4-6-10-16(14)22-18(23-17)21-12-13-7-3-5-9-15(13)19/h2-10H,1,11-12H2,(H2,20,21,22,23). The minimum absolute atomic E-state index is 0.565. The molecular weight excluding hydrogens is 308 g/mol. The van der Waals surface area contributed by atoms with Crippen LogP contribution in [0.25, 0.3) is 10.9 Å². The van der Waals surface area contributed by atoms with Gasteiger partial charge in [0, 0.05) is 23.5 Å². The number of hydrogen-bond donors (Lipinski definition) is 2. The van der Waals surface area contributed by atoms with Crippen molar-refractivity contribution < 1.29 is 0 Å². The van der Waals surface area contributed by atoms with Gasteiger partial charge < -0.3 is 10.6 Å². The Morgan fingerprint density at radius 1 is 1.00 bits per heavy atom. The van der Waals surface area contributed by atoms with E-state index in [1.807, 2.05) is 48.5 Å². The maximum atomic E-state index is 6.18. The number of fused-ring (bicyclic) bond motifs is 1. The second-order valence-electron chi connectivity index (χ2n) is 5.03. The molecule has 1 aromatic heterocycles. The molecule has 1 heterocycles. The number of aromatic nitrogens is 2. The summed E-state index contributed by atoms with van der Waals surface area (Å²) in [7, 11) is 0. The van der Waals surface area contributed by atoms with Gasteiger partial charge >= 0.3 is 0 Å². The highest BCUT2D eigenvalue weighted by Crippen LogP contribution is 2.22. The highest BCUT2D eigenvalue weighted by Gasteiger charge is 2.07. The van der Waals surface area contributed by atoms with Crippen LogP contribution in [0.1, 0.15) is 5.56 Å². The molecule has 0 amide bonds. The summed E-state index contributed by atoms with van der Waals surface area (Å²) in [5.74, 6) is 1.35. The van der Waals surface area contributed by atoms with E-state index in [2.05, 4.69) is 27.2 Å². The van der Waals surface area contributed by atoms with E-state index < -0.39 is 0 Å². The van der Waals surface area contributed by atoms with Crippen LogP contribution in [0, 0.1) is 0 Å². The fourth-order valence-corrected chi connectivity index (χ4v) is 2.48. The Balaban J connectivity index is 1.88. The molecule has 2 aromatic carbocycles. The van der Waals surface area contributed by atoms with Crippen molar-refractivity contribution in [3.8, 4) is 0 Å². The molecule has 0 aliphatic carbocycles. The minimum Gasteiger partial charge on any atom is -0.366 e. The molecule has 0 atom stereocenters. The summed E-state index contributed by atoms with van der Waals surface area (Å²) in [5, 5.41) is 8.20. The number of nitrogens with one attached hydrogen (secondary N) is 2. The van der Waals surface area contributed by atoms with E-state index in [4.69, 9.17) is 11.6 Å². The summed E-state index contributed by atoms with van der Waals surface area (Å²) < 4.78 is 0. The van der Waals surface area contributed by atoms with Crippen molar-refractivity contribution >= 4 is 34.3 Å². The average Bonchev–Trinajstić information content (AvgIpc) is 2.59. The Morgan fingerprint density at radius 2 is 1.78 bits per heavy atom. The molecule has 4 nitrogen and oxygen atoms in total. The molecule has 0 fully saturated rings. The Kier molecular flexibility index (Phi) is 4.74. The van der Waals surface area contributed by atoms with Gasteiger partial charge in [-0.15, -0.1) is 6.58 Å². The van der Waals surface area contributed by atoms with Crippen LogP contribution in [0.3, 0.4) is 0 Å². The largest absolute Gasteiger partial charge is 0.366 e. The molecule has 0 aliphatic heterocycles. The quantitative estimate of drug-likeness (QED) is 0.656. The van der Waals surface area contributed by atoms with Crippen LogP contribution >= 0.6 is 11.6 Å². The van der Waals surface area contributed by atoms with Crippen LogP contribution in [0.15, 0.2) is 61.2 Å². The number of halogens is 1. The molecule has 2 N–H and O–H groups in total. The third-order valence-corrected chi connectivity index (χ3v) is 3.78. The van der Waals surface area contributed by atoms with E-state index in [-0.39, 0.29) is 0 Å². The Labute approximate surface area is 140 Å². The molecule has 3 rings (SSSR count). The van der Waals surface area contributed by atoms with Gasteiger partial charge in [0.1, 0.15) is 5.82 Å². The first kappa shape index (κ1) is 15.3. The maximum absolute atomic E-state index is 6.18. The third kappa shape index (κ3) is 3.60. The van der Waals surface area contributed by atoms with Crippen LogP contribution in [0.4, 0.5) is 11.8 Å². The van der Waals surface area contributed by atoms with E-state index in [1.165, 1.54) is 0 Å². The number of rotatable bonds is 6. The predicted molar refractivity (Wildman–Crippen MR) is 97.0 cm³/mol. The fourth-order valence-electron chi connectivity index (χ4n) is 2.28. The van der Waals surface area contributed by atoms with Crippen LogP contribution in [0.5, 0.6) is 0 Å². The fraction of sp³-hybridized carbons (Fsp3) is 0.111. The van der Waals surface area contributed by atoms with Crippen LogP contribution in [-0.2, 0) is 6.54 Å². The summed E-state index contributed by atoms with van der Waals surface area (Å²) in [6, 6.07) is 15.6. The van der Waals surface area contributed by atoms with E-state index in [1.54, 1.807) is 6.08 Å². The van der Waals surface area contributed by atoms with Crippen molar-refractivity contribution in [2.45, 2.75) is 6.54 Å². The molecule has 0 saturated carbocycles. The predicted octanol–water partition coefficient (Wildman–Crippen LogP) is 4.49. The lowest BCUT2D eigenvalue weighted by atomic mass is 10.2. The van der Waals surface area contributed by atoms with E-state index >= 15 is 0 Å². The second-order valence-corrected chi connectivity index (χ2v) is 5.43. The maximum Gasteiger partial charge on any atom is 0.225 e. The van der Waals surface area contributed by atoms with Crippen molar-refractivity contribution in [1.29, 1.82) is 0 Å². The van der Waals surface area contributed by atoms with Crippen molar-refractivity contribution in [2.24, 2.45) is 0 Å². The third-order valence-electron chi connectivity index (χ3n) is 3.41. The van der Waals surface area contributed by atoms with E-state index in [0.29, 0.717) is 19.0 Å². The average molecular weight is 325 g/mol. The summed E-state index contributed by atoms with van der Waals surface area (Å²) in [6.07, 6.45) is 1.80. The SMILES string of the molecule is C=CCNc1nc(NCc2ccccc2Cl)nc2ccccc12. The minimum atomic E-state index is 0.565. The normalized spacial score (nSPS) is 10.5. The van der Waals surface area contributed by atoms with Crippen LogP contribution in [-0.4, -0.2) is 16.5 Å². The Bertz CT molecular complexity index is 832. The molecule has 0 spiro atoms. The van der Waals surface area contributed by atoms with Crippen molar-refractivity contribution in [3.63, 3.8) is 0 Å². The lowest BCUT2D eigenvalue weighted by molar-refractivity contribution is 1.07. The number of nitrogens with zero attached hydrogens (tertiary/aromatic N) is 2. The first-order valence-corrected chi connectivity index (χ1v) is 7.74. The van der Waals surface area contributed by atoms with Gasteiger partial charge in [0.2, 0.25) is 5.95 Å². The molecule has 3 aromatic rings. The first-order valence-electron chi connectivity index (χ1n) is 7.37. The lowest BCUT2D eigenvalue weighted by Gasteiger charge is -2.11. The first-order chi connectivity index (χ1) is 11.3. The lowest BCUT2D eigenvalue weighted by Crippen LogP contribution is -2.08. The molecule has 0 unspecified atom stereocenters. The van der Waals surface area contributed by atoms with Crippen molar-refractivity contribution in [3.05, 3.63) is 71.8 Å². The van der Waals surface area contributed by atoms with Crippen LogP contribution in [0.2, 0.25) is 5.02 Å². The number of hydrogen-bond acceptors (Lipinski definition) is 4.